The molecule has 0 radical (unpaired) electrons. The first-order chi connectivity index (χ1) is 33.5. The first-order valence-electron chi connectivity index (χ1n) is 24.2. The maximum absolute atomic E-state index is 15.4. The van der Waals surface area contributed by atoms with Crippen molar-refractivity contribution in [1.29, 1.82) is 0 Å². The molecule has 6 aliphatic heterocycles. The summed E-state index contributed by atoms with van der Waals surface area (Å²) in [6.07, 6.45) is 2.66. The molecule has 6 fully saturated rings. The van der Waals surface area contributed by atoms with Gasteiger partial charge in [0.15, 0.2) is 0 Å². The van der Waals surface area contributed by atoms with E-state index in [-0.39, 0.29) is 59.6 Å². The maximum Gasteiger partial charge on any atom is 0.418 e. The van der Waals surface area contributed by atoms with Gasteiger partial charge in [0.25, 0.3) is 0 Å². The lowest BCUT2D eigenvalue weighted by molar-refractivity contribution is -0.137. The number of halogens is 4. The van der Waals surface area contributed by atoms with E-state index in [2.05, 4.69) is 20.0 Å². The number of aromatic nitrogens is 4. The summed E-state index contributed by atoms with van der Waals surface area (Å²) in [6, 6.07) is 9.41. The van der Waals surface area contributed by atoms with E-state index in [9.17, 15) is 32.3 Å². The highest BCUT2D eigenvalue weighted by Gasteiger charge is 2.44. The van der Waals surface area contributed by atoms with Gasteiger partial charge >= 0.3 is 18.2 Å². The molecule has 21 heteroatoms. The van der Waals surface area contributed by atoms with E-state index in [1.165, 1.54) is 50.6 Å². The zero-order valence-corrected chi connectivity index (χ0v) is 39.8. The van der Waals surface area contributed by atoms with Crippen molar-refractivity contribution >= 4 is 46.6 Å². The van der Waals surface area contributed by atoms with Crippen LogP contribution in [-0.2, 0) is 33.6 Å². The van der Waals surface area contributed by atoms with Crippen LogP contribution < -0.4 is 19.6 Å². The summed E-state index contributed by atoms with van der Waals surface area (Å²) in [5.74, 6) is 0.429. The van der Waals surface area contributed by atoms with Crippen LogP contribution in [0.15, 0.2) is 61.2 Å². The summed E-state index contributed by atoms with van der Waals surface area (Å²) in [7, 11) is 3.31. The Labute approximate surface area is 404 Å². The average Bonchev–Trinajstić information content (AvgIpc) is 4.21. The smallest absolute Gasteiger partial charge is 0.378 e. The van der Waals surface area contributed by atoms with Crippen molar-refractivity contribution in [3.63, 3.8) is 0 Å². The van der Waals surface area contributed by atoms with Crippen molar-refractivity contribution in [2.75, 3.05) is 125 Å². The van der Waals surface area contributed by atoms with Gasteiger partial charge in [-0.15, -0.1) is 0 Å². The topological polar surface area (TPSA) is 139 Å². The molecule has 5 atom stereocenters. The Bertz CT molecular complexity index is 2590. The molecule has 374 valence electrons. The Morgan fingerprint density at radius 1 is 0.671 bits per heavy atom. The fourth-order valence-electron chi connectivity index (χ4n) is 11.6. The Balaban J connectivity index is 0.672. The van der Waals surface area contributed by atoms with Crippen molar-refractivity contribution in [3.8, 4) is 0 Å². The van der Waals surface area contributed by atoms with Crippen molar-refractivity contribution < 1.29 is 41.5 Å². The van der Waals surface area contributed by atoms with Gasteiger partial charge in [-0.25, -0.2) is 14.0 Å². The number of rotatable bonds is 10. The number of amides is 4. The minimum absolute atomic E-state index is 0.00592. The van der Waals surface area contributed by atoms with E-state index in [1.807, 2.05) is 21.9 Å². The molecule has 4 amide bonds. The van der Waals surface area contributed by atoms with Crippen molar-refractivity contribution in [2.45, 2.75) is 39.0 Å². The highest BCUT2D eigenvalue weighted by atomic mass is 19.4. The van der Waals surface area contributed by atoms with Crippen molar-refractivity contribution in [1.82, 2.24) is 39.2 Å². The Kier molecular flexibility index (Phi) is 13.1. The minimum atomic E-state index is -4.48. The molecule has 10 rings (SSSR count). The van der Waals surface area contributed by atoms with Crippen LogP contribution in [0.3, 0.4) is 0 Å². The molecule has 0 aliphatic carbocycles. The molecule has 6 saturated heterocycles. The molecule has 0 saturated carbocycles. The lowest BCUT2D eigenvalue weighted by Gasteiger charge is -2.31. The second-order valence-electron chi connectivity index (χ2n) is 20.2. The fraction of sp³-hybridized carbons (Fsp3) is 0.551. The molecule has 17 nitrogen and oxygen atoms in total. The molecule has 70 heavy (non-hydrogen) atoms. The molecule has 4 aromatic rings. The number of fused-ring (bicyclic) bond motifs is 2. The van der Waals surface area contributed by atoms with Gasteiger partial charge in [0, 0.05) is 125 Å². The number of hydrogen-bond donors (Lipinski definition) is 0. The molecular formula is C49H60F4N12O5. The molecule has 0 bridgehead atoms. The van der Waals surface area contributed by atoms with Crippen molar-refractivity contribution in [2.24, 2.45) is 29.6 Å². The number of alkyl halides is 3. The highest BCUT2D eigenvalue weighted by Crippen LogP contribution is 2.40. The summed E-state index contributed by atoms with van der Waals surface area (Å²) >= 11 is 0. The second-order valence-corrected chi connectivity index (χ2v) is 20.2. The lowest BCUT2D eigenvalue weighted by Crippen LogP contribution is -2.37. The first-order valence-corrected chi connectivity index (χ1v) is 24.2. The molecule has 0 N–H and O–H groups in total. The molecule has 8 heterocycles. The normalized spacial score (nSPS) is 23.9. The standard InChI is InChI=1S/C49H60F4N12O5/c1-32(66)56(2)40-17-54-64(30-40)47(68)62-28-38-24-59(25-39(38)29-62)20-34-4-6-43(50)45(15-34)61-9-8-35(21-61)16-46(67)57(3)41-18-55-65(31-41)48(69)63-26-36-22-58(23-37(36)27-63)19-33-5-7-44(42(14-33)49(51,52)53)60-10-12-70-13-11-60/h4-7,14-15,17-18,30-31,35-39H,8-13,16,19-29H2,1-3H3. The summed E-state index contributed by atoms with van der Waals surface area (Å²) < 4.78 is 65.8. The average molecular weight is 973 g/mol. The van der Waals surface area contributed by atoms with Gasteiger partial charge in [-0.2, -0.15) is 32.7 Å². The molecule has 0 spiro atoms. The summed E-state index contributed by atoms with van der Waals surface area (Å²) in [6.45, 7) is 10.5. The lowest BCUT2D eigenvalue weighted by atomic mass is 10.0. The van der Waals surface area contributed by atoms with Gasteiger partial charge in [-0.05, 0) is 71.4 Å². The van der Waals surface area contributed by atoms with E-state index in [0.717, 1.165) is 25.1 Å². The largest absolute Gasteiger partial charge is 0.418 e. The van der Waals surface area contributed by atoms with Gasteiger partial charge < -0.3 is 34.1 Å². The SMILES string of the molecule is CC(=O)N(C)c1cnn(C(=O)N2CC3CN(Cc4ccc(F)c(N5CCC(CC(=O)N(C)c6cnn(C(=O)N7CC8CN(Cc9ccc(N%10CCOCC%10)c(C(F)(F)F)c9)CC8C7)c6)C5)c4)CC3C2)c1. The van der Waals surface area contributed by atoms with Gasteiger partial charge in [-0.3, -0.25) is 19.4 Å². The number of hydrogen-bond acceptors (Lipinski definition) is 11. The predicted octanol–water partition coefficient (Wildman–Crippen LogP) is 5.00. The van der Waals surface area contributed by atoms with Crippen LogP contribution >= 0.6 is 0 Å². The van der Waals surface area contributed by atoms with Crippen LogP contribution in [0.5, 0.6) is 0 Å². The van der Waals surface area contributed by atoms with Crippen LogP contribution in [0.25, 0.3) is 0 Å². The molecule has 6 aliphatic rings. The fourth-order valence-corrected chi connectivity index (χ4v) is 11.6. The van der Waals surface area contributed by atoms with E-state index in [1.54, 1.807) is 48.4 Å². The van der Waals surface area contributed by atoms with Crippen LogP contribution in [0.2, 0.25) is 0 Å². The van der Waals surface area contributed by atoms with Crippen molar-refractivity contribution in [3.05, 3.63) is 83.7 Å². The van der Waals surface area contributed by atoms with Crippen LogP contribution in [0.1, 0.15) is 36.5 Å². The minimum Gasteiger partial charge on any atom is -0.378 e. The third-order valence-corrected chi connectivity index (χ3v) is 15.4. The summed E-state index contributed by atoms with van der Waals surface area (Å²) in [4.78, 5) is 67.0. The third kappa shape index (κ3) is 9.83. The molecule has 5 unspecified atom stereocenters. The van der Waals surface area contributed by atoms with E-state index in [4.69, 9.17) is 4.74 Å². The Hall–Kier alpha value is -6.06. The number of carbonyl (C=O) groups is 4. The van der Waals surface area contributed by atoms with Crippen LogP contribution in [-0.4, -0.2) is 169 Å². The third-order valence-electron chi connectivity index (χ3n) is 15.4. The predicted molar refractivity (Wildman–Crippen MR) is 252 cm³/mol. The monoisotopic (exact) mass is 972 g/mol. The van der Waals surface area contributed by atoms with E-state index in [0.29, 0.717) is 126 Å². The number of morpholine rings is 1. The zero-order chi connectivity index (χ0) is 49.0. The number of ether oxygens (including phenoxy) is 1. The number of anilines is 4. The van der Waals surface area contributed by atoms with E-state index >= 15 is 4.39 Å². The molecular weight excluding hydrogens is 913 g/mol. The van der Waals surface area contributed by atoms with Gasteiger partial charge in [0.1, 0.15) is 5.82 Å². The first kappa shape index (κ1) is 47.6. The van der Waals surface area contributed by atoms with Crippen LogP contribution in [0, 0.1) is 35.4 Å². The zero-order valence-electron chi connectivity index (χ0n) is 39.8. The van der Waals surface area contributed by atoms with Gasteiger partial charge in [0.05, 0.1) is 60.6 Å². The summed E-state index contributed by atoms with van der Waals surface area (Å²) in [5, 5.41) is 8.52. The Morgan fingerprint density at radius 3 is 1.74 bits per heavy atom. The number of nitrogens with zero attached hydrogens (tertiary/aromatic N) is 12. The highest BCUT2D eigenvalue weighted by molar-refractivity contribution is 5.93. The number of likely N-dealkylation sites (tertiary alicyclic amines) is 4. The van der Waals surface area contributed by atoms with Gasteiger partial charge in [-0.1, -0.05) is 12.1 Å². The second kappa shape index (κ2) is 19.3. The molecule has 2 aromatic carbocycles. The molecule has 2 aromatic heterocycles. The number of carbonyl (C=O) groups excluding carboxylic acids is 4. The van der Waals surface area contributed by atoms with E-state index < -0.39 is 11.7 Å². The number of benzene rings is 2. The quantitative estimate of drug-likeness (QED) is 0.199. The van der Waals surface area contributed by atoms with Gasteiger partial charge in [0.2, 0.25) is 11.8 Å². The summed E-state index contributed by atoms with van der Waals surface area (Å²) in [5.41, 5.74) is 2.75. The Morgan fingerprint density at radius 2 is 1.20 bits per heavy atom. The van der Waals surface area contributed by atoms with Crippen LogP contribution in [0.4, 0.5) is 49.9 Å². The maximum atomic E-state index is 15.4.